The second kappa shape index (κ2) is 9.38. The molecule has 34 heavy (non-hydrogen) atoms. The maximum atomic E-state index is 12.6. The first-order valence-corrected chi connectivity index (χ1v) is 10.8. The first-order chi connectivity index (χ1) is 16.7. The number of pyridine rings is 1. The second-order valence-corrected chi connectivity index (χ2v) is 7.74. The third kappa shape index (κ3) is 4.68. The molecule has 3 N–H and O–H groups in total. The highest BCUT2D eigenvalue weighted by molar-refractivity contribution is 6.04. The number of aromatic amines is 1. The smallest absolute Gasteiger partial charge is 0.348 e. The Balaban J connectivity index is 1.30. The standard InChI is InChI=1S/C27H21N5O2/c33-26(30-22-8-2-1-3-9-22)21-7-4-6-20(16-21)19-13-11-18(12-14-19)17-29-25-23-10-5-15-28-24(23)31-27(34)32-25/h1-16H,17H2,(H,30,33)(H2,28,29,31,32,34). The average Bonchev–Trinajstić information content (AvgIpc) is 2.88. The molecule has 1 amide bonds. The molecule has 5 aromatic rings. The van der Waals surface area contributed by atoms with Gasteiger partial charge in [-0.25, -0.2) is 9.78 Å². The number of nitrogens with zero attached hydrogens (tertiary/aromatic N) is 2. The van der Waals surface area contributed by atoms with Gasteiger partial charge < -0.3 is 10.6 Å². The molecule has 5 rings (SSSR count). The molecule has 0 aliphatic rings. The molecule has 0 atom stereocenters. The summed E-state index contributed by atoms with van der Waals surface area (Å²) in [5.74, 6) is 0.342. The minimum absolute atomic E-state index is 0.152. The number of hydrogen-bond donors (Lipinski definition) is 3. The predicted octanol–water partition coefficient (Wildman–Crippen LogP) is 4.85. The van der Waals surface area contributed by atoms with Crippen LogP contribution in [0.3, 0.4) is 0 Å². The minimum Gasteiger partial charge on any atom is -0.365 e. The topological polar surface area (TPSA) is 99.8 Å². The highest BCUT2D eigenvalue weighted by Gasteiger charge is 2.09. The monoisotopic (exact) mass is 447 g/mol. The summed E-state index contributed by atoms with van der Waals surface area (Å²) in [5, 5.41) is 6.89. The largest absolute Gasteiger partial charge is 0.365 e. The number of carbonyl (C=O) groups excluding carboxylic acids is 1. The molecule has 0 fully saturated rings. The van der Waals surface area contributed by atoms with Gasteiger partial charge in [-0.15, -0.1) is 0 Å². The lowest BCUT2D eigenvalue weighted by molar-refractivity contribution is 0.102. The van der Waals surface area contributed by atoms with Crippen LogP contribution in [0.25, 0.3) is 22.2 Å². The molecule has 0 saturated carbocycles. The summed E-state index contributed by atoms with van der Waals surface area (Å²) in [4.78, 5) is 35.3. The fraction of sp³-hybridized carbons (Fsp3) is 0.0370. The molecule has 166 valence electrons. The number of aromatic nitrogens is 3. The van der Waals surface area contributed by atoms with Crippen molar-refractivity contribution < 1.29 is 4.79 Å². The maximum absolute atomic E-state index is 12.6. The summed E-state index contributed by atoms with van der Waals surface area (Å²) in [7, 11) is 0. The number of H-pyrrole nitrogens is 1. The average molecular weight is 447 g/mol. The summed E-state index contributed by atoms with van der Waals surface area (Å²) in [6, 6.07) is 28.6. The molecule has 0 bridgehead atoms. The Bertz CT molecular complexity index is 1510. The van der Waals surface area contributed by atoms with Crippen LogP contribution in [-0.4, -0.2) is 20.9 Å². The van der Waals surface area contributed by atoms with Gasteiger partial charge in [-0.3, -0.25) is 9.78 Å². The number of carbonyl (C=O) groups is 1. The summed E-state index contributed by atoms with van der Waals surface area (Å²) < 4.78 is 0. The van der Waals surface area contributed by atoms with Crippen LogP contribution in [0, 0.1) is 0 Å². The number of anilines is 2. The third-order valence-corrected chi connectivity index (χ3v) is 5.41. The molecule has 0 unspecified atom stereocenters. The van der Waals surface area contributed by atoms with Gasteiger partial charge >= 0.3 is 5.69 Å². The van der Waals surface area contributed by atoms with E-state index < -0.39 is 5.69 Å². The van der Waals surface area contributed by atoms with Gasteiger partial charge in [0.15, 0.2) is 0 Å². The highest BCUT2D eigenvalue weighted by atomic mass is 16.1. The summed E-state index contributed by atoms with van der Waals surface area (Å²) in [5.41, 5.74) is 4.38. The van der Waals surface area contributed by atoms with Gasteiger partial charge in [0, 0.05) is 24.0 Å². The zero-order valence-corrected chi connectivity index (χ0v) is 18.2. The van der Waals surface area contributed by atoms with Crippen LogP contribution in [-0.2, 0) is 6.54 Å². The quantitative estimate of drug-likeness (QED) is 0.346. The zero-order chi connectivity index (χ0) is 23.3. The van der Waals surface area contributed by atoms with Crippen LogP contribution in [0.2, 0.25) is 0 Å². The second-order valence-electron chi connectivity index (χ2n) is 7.74. The van der Waals surface area contributed by atoms with Crippen molar-refractivity contribution in [3.8, 4) is 11.1 Å². The molecule has 7 heteroatoms. The Labute approximate surface area is 195 Å². The lowest BCUT2D eigenvalue weighted by atomic mass is 10.0. The van der Waals surface area contributed by atoms with Gasteiger partial charge in [-0.05, 0) is 53.1 Å². The van der Waals surface area contributed by atoms with Crippen LogP contribution >= 0.6 is 0 Å². The Kier molecular flexibility index (Phi) is 5.82. The molecular formula is C27H21N5O2. The number of hydrogen-bond acceptors (Lipinski definition) is 5. The van der Waals surface area contributed by atoms with Crippen molar-refractivity contribution in [2.45, 2.75) is 6.54 Å². The van der Waals surface area contributed by atoms with Crippen molar-refractivity contribution in [2.24, 2.45) is 0 Å². The normalized spacial score (nSPS) is 10.7. The maximum Gasteiger partial charge on any atom is 0.348 e. The van der Waals surface area contributed by atoms with E-state index in [4.69, 9.17) is 0 Å². The predicted molar refractivity (Wildman–Crippen MR) is 134 cm³/mol. The van der Waals surface area contributed by atoms with E-state index in [1.807, 2.05) is 78.9 Å². The van der Waals surface area contributed by atoms with Crippen molar-refractivity contribution in [1.29, 1.82) is 0 Å². The number of para-hydroxylation sites is 1. The minimum atomic E-state index is -0.444. The number of rotatable bonds is 6. The van der Waals surface area contributed by atoms with Crippen LogP contribution in [0.15, 0.2) is 102 Å². The van der Waals surface area contributed by atoms with Crippen molar-refractivity contribution in [2.75, 3.05) is 10.6 Å². The van der Waals surface area contributed by atoms with Gasteiger partial charge in [0.1, 0.15) is 11.5 Å². The lowest BCUT2D eigenvalue weighted by Gasteiger charge is -2.10. The zero-order valence-electron chi connectivity index (χ0n) is 18.2. The molecule has 2 heterocycles. The van der Waals surface area contributed by atoms with E-state index in [9.17, 15) is 9.59 Å². The number of benzene rings is 3. The number of amides is 1. The van der Waals surface area contributed by atoms with Crippen LogP contribution in [0.5, 0.6) is 0 Å². The Morgan fingerprint density at radius 1 is 0.853 bits per heavy atom. The number of nitrogens with one attached hydrogen (secondary N) is 3. The van der Waals surface area contributed by atoms with Crippen LogP contribution in [0.1, 0.15) is 15.9 Å². The molecule has 0 aliphatic heterocycles. The number of fused-ring (bicyclic) bond motifs is 1. The first kappa shape index (κ1) is 21.1. The van der Waals surface area contributed by atoms with E-state index in [0.29, 0.717) is 23.6 Å². The van der Waals surface area contributed by atoms with Gasteiger partial charge in [0.2, 0.25) is 0 Å². The highest BCUT2D eigenvalue weighted by Crippen LogP contribution is 2.23. The van der Waals surface area contributed by atoms with Gasteiger partial charge in [0.25, 0.3) is 5.91 Å². The van der Waals surface area contributed by atoms with Crippen LogP contribution < -0.4 is 16.3 Å². The van der Waals surface area contributed by atoms with E-state index in [1.165, 1.54) is 0 Å². The first-order valence-electron chi connectivity index (χ1n) is 10.8. The van der Waals surface area contributed by atoms with Gasteiger partial charge in [-0.2, -0.15) is 4.98 Å². The van der Waals surface area contributed by atoms with Crippen LogP contribution in [0.4, 0.5) is 11.5 Å². The van der Waals surface area contributed by atoms with Crippen molar-refractivity contribution in [3.63, 3.8) is 0 Å². The Morgan fingerprint density at radius 3 is 2.50 bits per heavy atom. The molecule has 3 aromatic carbocycles. The fourth-order valence-electron chi connectivity index (χ4n) is 3.69. The lowest BCUT2D eigenvalue weighted by Crippen LogP contribution is -2.14. The summed E-state index contributed by atoms with van der Waals surface area (Å²) >= 11 is 0. The van der Waals surface area contributed by atoms with Gasteiger partial charge in [-0.1, -0.05) is 54.6 Å². The summed E-state index contributed by atoms with van der Waals surface area (Å²) in [6.45, 7) is 0.500. The van der Waals surface area contributed by atoms with E-state index in [-0.39, 0.29) is 5.91 Å². The third-order valence-electron chi connectivity index (χ3n) is 5.41. The van der Waals surface area contributed by atoms with E-state index in [2.05, 4.69) is 25.6 Å². The van der Waals surface area contributed by atoms with Crippen molar-refractivity contribution >= 4 is 28.4 Å². The molecule has 0 aliphatic carbocycles. The van der Waals surface area contributed by atoms with Crippen molar-refractivity contribution in [3.05, 3.63) is 119 Å². The molecule has 7 nitrogen and oxygen atoms in total. The molecular weight excluding hydrogens is 426 g/mol. The molecule has 2 aromatic heterocycles. The SMILES string of the molecule is O=C(Nc1ccccc1)c1cccc(-c2ccc(CNc3nc(=O)[nH]c4ncccc34)cc2)c1. The molecule has 0 radical (unpaired) electrons. The molecule has 0 spiro atoms. The summed E-state index contributed by atoms with van der Waals surface area (Å²) in [6.07, 6.45) is 1.63. The van der Waals surface area contributed by atoms with Gasteiger partial charge in [0.05, 0.1) is 5.39 Å². The van der Waals surface area contributed by atoms with E-state index in [0.717, 1.165) is 27.8 Å². The fourth-order valence-corrected chi connectivity index (χ4v) is 3.69. The Hall–Kier alpha value is -4.78. The van der Waals surface area contributed by atoms with Crippen molar-refractivity contribution in [1.82, 2.24) is 15.0 Å². The van der Waals surface area contributed by atoms with E-state index >= 15 is 0 Å². The van der Waals surface area contributed by atoms with E-state index in [1.54, 1.807) is 18.3 Å². The Morgan fingerprint density at radius 2 is 1.68 bits per heavy atom. The molecule has 0 saturated heterocycles.